The Bertz CT molecular complexity index is 1010. The van der Waals surface area contributed by atoms with Crippen molar-refractivity contribution < 1.29 is 19.7 Å². The number of amides is 1. The molecule has 0 aromatic heterocycles. The molecule has 2 N–H and O–H groups in total. The van der Waals surface area contributed by atoms with Gasteiger partial charge < -0.3 is 14.9 Å². The number of halogens is 1. The molecule has 34 heavy (non-hydrogen) atoms. The molecule has 1 fully saturated rings. The number of carbonyl (C=O) groups excluding carboxylic acids is 1. The fourth-order valence-corrected chi connectivity index (χ4v) is 4.79. The number of ether oxygens (including phenoxy) is 2. The van der Waals surface area contributed by atoms with Crippen molar-refractivity contribution in [3.63, 3.8) is 0 Å². The maximum atomic E-state index is 12.8. The number of nitrogens with zero attached hydrogens (tertiary/aromatic N) is 3. The first-order valence-electron chi connectivity index (χ1n) is 11.7. The van der Waals surface area contributed by atoms with E-state index >= 15 is 0 Å². The number of benzene rings is 2. The Morgan fingerprint density at radius 1 is 1.12 bits per heavy atom. The lowest BCUT2D eigenvalue weighted by molar-refractivity contribution is -0.119. The van der Waals surface area contributed by atoms with E-state index in [0.29, 0.717) is 6.42 Å². The maximum Gasteiger partial charge on any atom is 0.248 e. The van der Waals surface area contributed by atoms with Gasteiger partial charge in [-0.15, -0.1) is 12.4 Å². The third-order valence-electron chi connectivity index (χ3n) is 6.64. The van der Waals surface area contributed by atoms with Crippen LogP contribution in [0, 0.1) is 12.8 Å². The molecule has 2 heterocycles. The van der Waals surface area contributed by atoms with Crippen LogP contribution >= 0.6 is 12.4 Å². The second-order valence-electron chi connectivity index (χ2n) is 8.94. The number of hydrazone groups is 1. The molecule has 2 aromatic carbocycles. The van der Waals surface area contributed by atoms with Crippen molar-refractivity contribution in [2.24, 2.45) is 11.0 Å². The summed E-state index contributed by atoms with van der Waals surface area (Å²) in [5, 5.41) is 6.41. The minimum absolute atomic E-state index is 0. The van der Waals surface area contributed by atoms with Crippen LogP contribution in [0.5, 0.6) is 5.75 Å². The van der Waals surface area contributed by atoms with Gasteiger partial charge in [-0.05, 0) is 62.1 Å². The monoisotopic (exact) mass is 487 g/mol. The fraction of sp³-hybridized carbons (Fsp3) is 0.462. The molecule has 2 aromatic rings. The molecule has 8 heteroatoms. The van der Waals surface area contributed by atoms with Gasteiger partial charge in [0.15, 0.2) is 0 Å². The Hall–Kier alpha value is -2.45. The van der Waals surface area contributed by atoms with Crippen LogP contribution in [0.4, 0.5) is 5.69 Å². The Labute approximate surface area is 207 Å². The van der Waals surface area contributed by atoms with Gasteiger partial charge in [-0.2, -0.15) is 5.10 Å². The van der Waals surface area contributed by atoms with Crippen molar-refractivity contribution in [1.82, 2.24) is 4.90 Å². The van der Waals surface area contributed by atoms with E-state index in [0.717, 1.165) is 81.4 Å². The zero-order valence-corrected chi connectivity index (χ0v) is 20.5. The molecule has 0 radical (unpaired) electrons. The van der Waals surface area contributed by atoms with E-state index in [1.54, 1.807) is 5.01 Å². The van der Waals surface area contributed by atoms with Gasteiger partial charge in [0.05, 0.1) is 31.2 Å². The predicted octanol–water partition coefficient (Wildman–Crippen LogP) is 3.40. The fourth-order valence-electron chi connectivity index (χ4n) is 4.79. The summed E-state index contributed by atoms with van der Waals surface area (Å²) in [6.45, 7) is 7.52. The highest BCUT2D eigenvalue weighted by Crippen LogP contribution is 2.35. The summed E-state index contributed by atoms with van der Waals surface area (Å²) in [5.41, 5.74) is 5.46. The molecule has 0 bridgehead atoms. The largest absolute Gasteiger partial charge is 0.494 e. The second-order valence-corrected chi connectivity index (χ2v) is 8.94. The van der Waals surface area contributed by atoms with Crippen LogP contribution in [0.2, 0.25) is 0 Å². The Kier molecular flexibility index (Phi) is 9.08. The summed E-state index contributed by atoms with van der Waals surface area (Å²) in [6.07, 6.45) is 3.45. The summed E-state index contributed by atoms with van der Waals surface area (Å²) in [6, 6.07) is 14.3. The van der Waals surface area contributed by atoms with Gasteiger partial charge in [0.2, 0.25) is 5.91 Å². The number of morpholine rings is 1. The number of aryl methyl sites for hydroxylation is 2. The number of carbonyl (C=O) groups is 1. The number of anilines is 1. The van der Waals surface area contributed by atoms with Crippen molar-refractivity contribution in [2.75, 3.05) is 44.5 Å². The first-order chi connectivity index (χ1) is 15.7. The lowest BCUT2D eigenvalue weighted by atomic mass is 9.79. The summed E-state index contributed by atoms with van der Waals surface area (Å²) in [4.78, 5) is 15.2. The van der Waals surface area contributed by atoms with Crippen molar-refractivity contribution in [2.45, 2.75) is 32.6 Å². The zero-order chi connectivity index (χ0) is 21.9. The molecule has 1 atom stereocenters. The van der Waals surface area contributed by atoms with Gasteiger partial charge in [0.1, 0.15) is 5.75 Å². The summed E-state index contributed by atoms with van der Waals surface area (Å²) in [5.74, 6) is 1.20. The lowest BCUT2D eigenvalue weighted by Gasteiger charge is -2.33. The SMILES string of the molecule is Cc1ccc(N2N=C3c4ccc(OCCCN5CCOCC5)cc4CCC3CC2=O)cc1.Cl.O. The van der Waals surface area contributed by atoms with Crippen LogP contribution in [0.15, 0.2) is 47.6 Å². The van der Waals surface area contributed by atoms with Crippen molar-refractivity contribution >= 4 is 29.7 Å². The molecule has 1 unspecified atom stereocenters. The van der Waals surface area contributed by atoms with Crippen LogP contribution < -0.4 is 9.75 Å². The molecular weight excluding hydrogens is 454 g/mol. The molecule has 0 spiro atoms. The molecule has 1 saturated heterocycles. The number of rotatable bonds is 6. The predicted molar refractivity (Wildman–Crippen MR) is 136 cm³/mol. The van der Waals surface area contributed by atoms with Crippen molar-refractivity contribution in [1.29, 1.82) is 0 Å². The smallest absolute Gasteiger partial charge is 0.248 e. The van der Waals surface area contributed by atoms with E-state index in [1.807, 2.05) is 37.3 Å². The molecule has 1 aliphatic carbocycles. The minimum atomic E-state index is 0. The van der Waals surface area contributed by atoms with Crippen LogP contribution in [0.1, 0.15) is 36.0 Å². The third-order valence-corrected chi connectivity index (χ3v) is 6.64. The summed E-state index contributed by atoms with van der Waals surface area (Å²) < 4.78 is 11.5. The van der Waals surface area contributed by atoms with E-state index < -0.39 is 0 Å². The van der Waals surface area contributed by atoms with Gasteiger partial charge in [0, 0.05) is 37.5 Å². The van der Waals surface area contributed by atoms with Gasteiger partial charge in [0.25, 0.3) is 0 Å². The highest BCUT2D eigenvalue weighted by molar-refractivity contribution is 6.11. The lowest BCUT2D eigenvalue weighted by Crippen LogP contribution is -2.39. The standard InChI is InChI=1S/C26H31N3O3.ClH.H2O/c1-19-3-7-22(8-4-19)29-25(30)18-21-6-5-20-17-23(9-10-24(20)26(21)27-29)32-14-2-11-28-12-15-31-16-13-28;;/h3-4,7-10,17,21H,2,5-6,11-16,18H2,1H3;1H;1H2. The van der Waals surface area contributed by atoms with Crippen LogP contribution in [-0.2, 0) is 16.0 Å². The van der Waals surface area contributed by atoms with E-state index in [2.05, 4.69) is 17.0 Å². The molecule has 7 nitrogen and oxygen atoms in total. The molecular formula is C26H34ClN3O4. The van der Waals surface area contributed by atoms with E-state index in [-0.39, 0.29) is 29.7 Å². The first-order valence-corrected chi connectivity index (χ1v) is 11.7. The first kappa shape index (κ1) is 26.2. The highest BCUT2D eigenvalue weighted by Gasteiger charge is 2.34. The molecule has 184 valence electrons. The average molecular weight is 488 g/mol. The molecule has 1 amide bonds. The third kappa shape index (κ3) is 5.78. The zero-order valence-electron chi connectivity index (χ0n) is 19.7. The van der Waals surface area contributed by atoms with Crippen LogP contribution in [0.25, 0.3) is 0 Å². The molecule has 5 rings (SSSR count). The molecule has 0 saturated carbocycles. The Balaban J connectivity index is 0.00000162. The van der Waals surface area contributed by atoms with Gasteiger partial charge in [-0.1, -0.05) is 17.7 Å². The Morgan fingerprint density at radius 3 is 2.65 bits per heavy atom. The molecule has 2 aliphatic heterocycles. The van der Waals surface area contributed by atoms with E-state index in [4.69, 9.17) is 14.6 Å². The Morgan fingerprint density at radius 2 is 1.88 bits per heavy atom. The van der Waals surface area contributed by atoms with E-state index in [9.17, 15) is 4.79 Å². The van der Waals surface area contributed by atoms with Gasteiger partial charge in [-0.25, -0.2) is 5.01 Å². The van der Waals surface area contributed by atoms with Gasteiger partial charge in [-0.3, -0.25) is 9.69 Å². The van der Waals surface area contributed by atoms with Crippen molar-refractivity contribution in [3.05, 3.63) is 59.2 Å². The number of fused-ring (bicyclic) bond motifs is 3. The van der Waals surface area contributed by atoms with Crippen molar-refractivity contribution in [3.8, 4) is 5.75 Å². The highest BCUT2D eigenvalue weighted by atomic mass is 35.5. The topological polar surface area (TPSA) is 85.9 Å². The number of hydrogen-bond donors (Lipinski definition) is 0. The maximum absolute atomic E-state index is 12.8. The minimum Gasteiger partial charge on any atom is -0.494 e. The van der Waals surface area contributed by atoms with E-state index in [1.165, 1.54) is 11.1 Å². The quantitative estimate of drug-likeness (QED) is 0.584. The second kappa shape index (κ2) is 11.8. The van der Waals surface area contributed by atoms with Crippen LogP contribution in [0.3, 0.4) is 0 Å². The average Bonchev–Trinajstić information content (AvgIpc) is 2.82. The summed E-state index contributed by atoms with van der Waals surface area (Å²) in [7, 11) is 0. The normalized spacial score (nSPS) is 19.8. The molecule has 3 aliphatic rings. The summed E-state index contributed by atoms with van der Waals surface area (Å²) >= 11 is 0. The van der Waals surface area contributed by atoms with Crippen LogP contribution in [-0.4, -0.2) is 61.4 Å². The number of hydrogen-bond acceptors (Lipinski definition) is 5. The van der Waals surface area contributed by atoms with Gasteiger partial charge >= 0.3 is 0 Å².